The molecule has 2 atom stereocenters. The number of ether oxygens (including phenoxy) is 3. The van der Waals surface area contributed by atoms with Crippen LogP contribution in [0.3, 0.4) is 0 Å². The van der Waals surface area contributed by atoms with E-state index in [1.165, 1.54) is 12.0 Å². The zero-order chi connectivity index (χ0) is 25.0. The Morgan fingerprint density at radius 2 is 2.20 bits per heavy atom. The molecule has 0 spiro atoms. The molecule has 188 valence electrons. The van der Waals surface area contributed by atoms with Crippen LogP contribution in [0.2, 0.25) is 0 Å². The number of piperidine rings is 1. The van der Waals surface area contributed by atoms with Gasteiger partial charge in [0.1, 0.15) is 11.8 Å². The average Bonchev–Trinajstić information content (AvgIpc) is 3.22. The second-order valence-corrected chi connectivity index (χ2v) is 8.88. The molecule has 35 heavy (non-hydrogen) atoms. The molecule has 4 rings (SSSR count). The Balaban J connectivity index is 1.56. The molecular formula is C23H28F2N6O4. The molecule has 2 aromatic rings. The maximum absolute atomic E-state index is 14.5. The fourth-order valence-electron chi connectivity index (χ4n) is 4.52. The summed E-state index contributed by atoms with van der Waals surface area (Å²) in [5.41, 5.74) is 1.76. The van der Waals surface area contributed by atoms with Crippen molar-refractivity contribution in [3.05, 3.63) is 23.5 Å². The number of carbonyl (C=O) groups excluding carboxylic acids is 1. The van der Waals surface area contributed by atoms with Crippen LogP contribution < -0.4 is 4.90 Å². The number of methoxy groups -OCH3 is 1. The molecule has 12 heteroatoms. The number of aryl methyl sites for hydroxylation is 1. The summed E-state index contributed by atoms with van der Waals surface area (Å²) >= 11 is 0. The van der Waals surface area contributed by atoms with E-state index < -0.39 is 30.8 Å². The minimum absolute atomic E-state index is 0.00912. The number of carbonyl (C=O) groups is 1. The van der Waals surface area contributed by atoms with E-state index in [9.17, 15) is 18.8 Å². The minimum Gasteiger partial charge on any atom is -0.469 e. The van der Waals surface area contributed by atoms with Gasteiger partial charge in [0, 0.05) is 26.6 Å². The highest BCUT2D eigenvalue weighted by Gasteiger charge is 2.42. The summed E-state index contributed by atoms with van der Waals surface area (Å²) in [4.78, 5) is 17.5. The Labute approximate surface area is 201 Å². The molecule has 0 aliphatic carbocycles. The third kappa shape index (κ3) is 5.91. The lowest BCUT2D eigenvalue weighted by Crippen LogP contribution is -2.48. The normalized spacial score (nSPS) is 22.0. The van der Waals surface area contributed by atoms with Crippen LogP contribution in [-0.2, 0) is 32.7 Å². The molecule has 2 aromatic heterocycles. The summed E-state index contributed by atoms with van der Waals surface area (Å²) in [6, 6.07) is 5.22. The third-order valence-corrected chi connectivity index (χ3v) is 6.22. The lowest BCUT2D eigenvalue weighted by molar-refractivity contribution is -0.169. The molecule has 0 aromatic carbocycles. The van der Waals surface area contributed by atoms with Crippen molar-refractivity contribution in [1.29, 1.82) is 5.26 Å². The molecule has 2 aliphatic rings. The molecule has 2 saturated heterocycles. The molecule has 0 bridgehead atoms. The summed E-state index contributed by atoms with van der Waals surface area (Å²) in [5, 5.41) is 18.0. The SMILES string of the molecule is COC(=O)C[C@@H]1CN(c2ccc(-c3nnn(C)c3COC3CCCCO3)nc2C#N)CC(F)(F)C1. The van der Waals surface area contributed by atoms with Gasteiger partial charge in [-0.1, -0.05) is 5.21 Å². The Bertz CT molecular complexity index is 1100. The van der Waals surface area contributed by atoms with Gasteiger partial charge < -0.3 is 19.1 Å². The van der Waals surface area contributed by atoms with Crippen molar-refractivity contribution >= 4 is 11.7 Å². The Morgan fingerprint density at radius 1 is 1.37 bits per heavy atom. The van der Waals surface area contributed by atoms with Gasteiger partial charge in [0.25, 0.3) is 5.92 Å². The molecule has 10 nitrogen and oxygen atoms in total. The van der Waals surface area contributed by atoms with E-state index in [1.54, 1.807) is 23.9 Å². The monoisotopic (exact) mass is 490 g/mol. The fraction of sp³-hybridized carbons (Fsp3) is 0.609. The smallest absolute Gasteiger partial charge is 0.305 e. The predicted octanol–water partition coefficient (Wildman–Crippen LogP) is 2.82. The van der Waals surface area contributed by atoms with E-state index in [0.717, 1.165) is 19.3 Å². The fourth-order valence-corrected chi connectivity index (χ4v) is 4.52. The predicted molar refractivity (Wildman–Crippen MR) is 119 cm³/mol. The van der Waals surface area contributed by atoms with Crippen molar-refractivity contribution < 1.29 is 27.8 Å². The number of hydrogen-bond donors (Lipinski definition) is 0. The van der Waals surface area contributed by atoms with E-state index >= 15 is 0 Å². The molecule has 0 N–H and O–H groups in total. The number of halogens is 2. The highest BCUT2D eigenvalue weighted by molar-refractivity contribution is 5.70. The van der Waals surface area contributed by atoms with Gasteiger partial charge in [-0.15, -0.1) is 5.10 Å². The molecule has 4 heterocycles. The van der Waals surface area contributed by atoms with Crippen molar-refractivity contribution in [3.63, 3.8) is 0 Å². The lowest BCUT2D eigenvalue weighted by Gasteiger charge is -2.38. The van der Waals surface area contributed by atoms with Crippen LogP contribution in [0.4, 0.5) is 14.5 Å². The second-order valence-electron chi connectivity index (χ2n) is 8.88. The van der Waals surface area contributed by atoms with Crippen molar-refractivity contribution in [1.82, 2.24) is 20.0 Å². The first kappa shape index (κ1) is 24.9. The largest absolute Gasteiger partial charge is 0.469 e. The number of nitriles is 1. The van der Waals surface area contributed by atoms with Crippen molar-refractivity contribution in [2.45, 2.75) is 50.9 Å². The number of aromatic nitrogens is 4. The van der Waals surface area contributed by atoms with Gasteiger partial charge >= 0.3 is 5.97 Å². The maximum atomic E-state index is 14.5. The zero-order valence-electron chi connectivity index (χ0n) is 19.7. The van der Waals surface area contributed by atoms with Gasteiger partial charge in [0.2, 0.25) is 0 Å². The Kier molecular flexibility index (Phi) is 7.57. The molecular weight excluding hydrogens is 462 g/mol. The van der Waals surface area contributed by atoms with Gasteiger partial charge in [-0.2, -0.15) is 5.26 Å². The Morgan fingerprint density at radius 3 is 2.91 bits per heavy atom. The number of rotatable bonds is 7. The summed E-state index contributed by atoms with van der Waals surface area (Å²) < 4.78 is 46.7. The third-order valence-electron chi connectivity index (χ3n) is 6.22. The summed E-state index contributed by atoms with van der Waals surface area (Å²) in [5.74, 6) is -4.17. The molecule has 2 fully saturated rings. The standard InChI is InChI=1S/C23H28F2N6O4/c1-30-19(13-35-21-5-3-4-8-34-21)22(28-29-30)16-6-7-18(17(11-26)27-16)31-12-15(9-20(32)33-2)10-23(24,25)14-31/h6-7,15,21H,3-5,8-10,12-14H2,1-2H3/t15-,21?/m0/s1. The first-order valence-electron chi connectivity index (χ1n) is 11.5. The first-order valence-corrected chi connectivity index (χ1v) is 11.5. The van der Waals surface area contributed by atoms with Crippen LogP contribution in [0.5, 0.6) is 0 Å². The Hall–Kier alpha value is -3.17. The quantitative estimate of drug-likeness (QED) is 0.540. The van der Waals surface area contributed by atoms with Crippen LogP contribution >= 0.6 is 0 Å². The highest BCUT2D eigenvalue weighted by atomic mass is 19.3. The van der Waals surface area contributed by atoms with E-state index in [4.69, 9.17) is 9.47 Å². The average molecular weight is 491 g/mol. The van der Waals surface area contributed by atoms with E-state index in [2.05, 4.69) is 20.0 Å². The van der Waals surface area contributed by atoms with Crippen LogP contribution in [-0.4, -0.2) is 65.0 Å². The molecule has 0 amide bonds. The van der Waals surface area contributed by atoms with Crippen molar-refractivity contribution in [2.24, 2.45) is 13.0 Å². The maximum Gasteiger partial charge on any atom is 0.305 e. The van der Waals surface area contributed by atoms with Gasteiger partial charge in [0.15, 0.2) is 12.0 Å². The van der Waals surface area contributed by atoms with E-state index in [-0.39, 0.29) is 37.2 Å². The summed E-state index contributed by atoms with van der Waals surface area (Å²) in [7, 11) is 2.96. The molecule has 0 radical (unpaired) electrons. The molecule has 1 unspecified atom stereocenters. The van der Waals surface area contributed by atoms with Crippen LogP contribution in [0, 0.1) is 17.2 Å². The number of alkyl halides is 2. The first-order chi connectivity index (χ1) is 16.8. The lowest BCUT2D eigenvalue weighted by atomic mass is 9.91. The molecule has 2 aliphatic heterocycles. The van der Waals surface area contributed by atoms with Gasteiger partial charge in [-0.25, -0.2) is 18.4 Å². The number of anilines is 1. The van der Waals surface area contributed by atoms with Crippen LogP contribution in [0.15, 0.2) is 12.1 Å². The molecule has 0 saturated carbocycles. The van der Waals surface area contributed by atoms with Crippen molar-refractivity contribution in [3.8, 4) is 17.5 Å². The highest BCUT2D eigenvalue weighted by Crippen LogP contribution is 2.36. The minimum atomic E-state index is -3.01. The summed E-state index contributed by atoms with van der Waals surface area (Å²) in [6.45, 7) is 0.478. The van der Waals surface area contributed by atoms with E-state index in [0.29, 0.717) is 23.7 Å². The zero-order valence-corrected chi connectivity index (χ0v) is 19.7. The van der Waals surface area contributed by atoms with Gasteiger partial charge in [-0.3, -0.25) is 4.79 Å². The number of hydrogen-bond acceptors (Lipinski definition) is 9. The number of pyridine rings is 1. The number of nitrogens with zero attached hydrogens (tertiary/aromatic N) is 6. The number of esters is 1. The topological polar surface area (TPSA) is 115 Å². The second kappa shape index (κ2) is 10.6. The van der Waals surface area contributed by atoms with Gasteiger partial charge in [-0.05, 0) is 37.3 Å². The van der Waals surface area contributed by atoms with Gasteiger partial charge in [0.05, 0.1) is 43.8 Å². The van der Waals surface area contributed by atoms with E-state index in [1.807, 2.05) is 6.07 Å². The van der Waals surface area contributed by atoms with Crippen LogP contribution in [0.1, 0.15) is 43.5 Å². The van der Waals surface area contributed by atoms with Crippen molar-refractivity contribution in [2.75, 3.05) is 31.7 Å². The summed E-state index contributed by atoms with van der Waals surface area (Å²) in [6.07, 6.45) is 2.02. The van der Waals surface area contributed by atoms with Crippen LogP contribution in [0.25, 0.3) is 11.4 Å².